The van der Waals surface area contributed by atoms with Crippen molar-refractivity contribution in [2.75, 3.05) is 13.2 Å². The third-order valence-electron chi connectivity index (χ3n) is 2.06. The van der Waals surface area contributed by atoms with Gasteiger partial charge in [0.05, 0.1) is 4.90 Å². The summed E-state index contributed by atoms with van der Waals surface area (Å²) in [5, 5.41) is 8.81. The highest BCUT2D eigenvalue weighted by Gasteiger charge is 2.17. The van der Waals surface area contributed by atoms with Crippen LogP contribution >= 0.6 is 15.9 Å². The van der Waals surface area contributed by atoms with Gasteiger partial charge in [-0.15, -0.1) is 0 Å². The average Bonchev–Trinajstić information content (AvgIpc) is 2.26. The molecule has 2 N–H and O–H groups in total. The zero-order valence-corrected chi connectivity index (χ0v) is 11.3. The molecule has 90 valence electrons. The number of halogens is 1. The molecule has 1 aromatic carbocycles. The molecule has 0 aliphatic rings. The molecule has 1 rings (SSSR count). The molecule has 0 amide bonds. The largest absolute Gasteiger partial charge is 0.396 e. The Hall–Kier alpha value is -0.430. The van der Waals surface area contributed by atoms with Crippen LogP contribution in [0.1, 0.15) is 6.92 Å². The predicted octanol–water partition coefficient (Wildman–Crippen LogP) is 1.36. The maximum atomic E-state index is 11.9. The van der Waals surface area contributed by atoms with Gasteiger partial charge in [0.2, 0.25) is 10.0 Å². The van der Waals surface area contributed by atoms with Crippen LogP contribution in [0.2, 0.25) is 0 Å². The monoisotopic (exact) mass is 307 g/mol. The van der Waals surface area contributed by atoms with Crippen molar-refractivity contribution in [1.29, 1.82) is 0 Å². The van der Waals surface area contributed by atoms with Gasteiger partial charge < -0.3 is 5.11 Å². The highest BCUT2D eigenvalue weighted by atomic mass is 79.9. The van der Waals surface area contributed by atoms with Crippen LogP contribution in [0.15, 0.2) is 33.6 Å². The van der Waals surface area contributed by atoms with Gasteiger partial charge in [-0.3, -0.25) is 0 Å². The molecular formula is C10H14BrNO3S. The van der Waals surface area contributed by atoms with Gasteiger partial charge in [-0.05, 0) is 34.0 Å². The van der Waals surface area contributed by atoms with E-state index in [0.717, 1.165) is 0 Å². The third-order valence-corrected chi connectivity index (χ3v) is 4.50. The highest BCUT2D eigenvalue weighted by molar-refractivity contribution is 9.10. The van der Waals surface area contributed by atoms with Crippen LogP contribution in [0, 0.1) is 5.92 Å². The first-order valence-corrected chi connectivity index (χ1v) is 7.10. The standard InChI is InChI=1S/C10H14BrNO3S/c1-8(7-13)6-12-16(14,15)10-5-3-2-4-9(10)11/h2-5,8,12-13H,6-7H2,1H3. The van der Waals surface area contributed by atoms with Gasteiger partial charge in [0.25, 0.3) is 0 Å². The lowest BCUT2D eigenvalue weighted by Gasteiger charge is -2.11. The normalized spacial score (nSPS) is 13.7. The maximum absolute atomic E-state index is 11.9. The van der Waals surface area contributed by atoms with Crippen LogP contribution in [0.25, 0.3) is 0 Å². The SMILES string of the molecule is CC(CO)CNS(=O)(=O)c1ccccc1Br. The van der Waals surface area contributed by atoms with Gasteiger partial charge >= 0.3 is 0 Å². The Morgan fingerprint density at radius 3 is 2.62 bits per heavy atom. The second kappa shape index (κ2) is 5.77. The minimum Gasteiger partial charge on any atom is -0.396 e. The summed E-state index contributed by atoms with van der Waals surface area (Å²) in [6.45, 7) is 1.95. The van der Waals surface area contributed by atoms with Crippen molar-refractivity contribution in [1.82, 2.24) is 4.72 Å². The first-order valence-electron chi connectivity index (χ1n) is 4.82. The zero-order valence-electron chi connectivity index (χ0n) is 8.85. The summed E-state index contributed by atoms with van der Waals surface area (Å²) in [6.07, 6.45) is 0. The van der Waals surface area contributed by atoms with Crippen molar-refractivity contribution in [2.45, 2.75) is 11.8 Å². The molecule has 0 radical (unpaired) electrons. The van der Waals surface area contributed by atoms with Crippen LogP contribution < -0.4 is 4.72 Å². The molecule has 0 aliphatic heterocycles. The zero-order chi connectivity index (χ0) is 12.2. The molecule has 1 aromatic rings. The van der Waals surface area contributed by atoms with Crippen LogP contribution in [0.3, 0.4) is 0 Å². The van der Waals surface area contributed by atoms with Crippen LogP contribution in [-0.4, -0.2) is 26.7 Å². The molecule has 0 saturated heterocycles. The van der Waals surface area contributed by atoms with Crippen molar-refractivity contribution in [3.05, 3.63) is 28.7 Å². The smallest absolute Gasteiger partial charge is 0.241 e. The second-order valence-electron chi connectivity index (χ2n) is 3.57. The van der Waals surface area contributed by atoms with Gasteiger partial charge in [0.15, 0.2) is 0 Å². The fourth-order valence-electron chi connectivity index (χ4n) is 1.06. The van der Waals surface area contributed by atoms with E-state index >= 15 is 0 Å². The van der Waals surface area contributed by atoms with Crippen molar-refractivity contribution >= 4 is 26.0 Å². The van der Waals surface area contributed by atoms with E-state index in [9.17, 15) is 8.42 Å². The predicted molar refractivity (Wildman–Crippen MR) is 65.6 cm³/mol. The Morgan fingerprint density at radius 2 is 2.06 bits per heavy atom. The first-order chi connectivity index (χ1) is 7.47. The summed E-state index contributed by atoms with van der Waals surface area (Å²) >= 11 is 3.19. The number of hydrogen-bond acceptors (Lipinski definition) is 3. The van der Waals surface area contributed by atoms with Gasteiger partial charge in [-0.2, -0.15) is 0 Å². The summed E-state index contributed by atoms with van der Waals surface area (Å²) in [4.78, 5) is 0.208. The molecule has 0 aliphatic carbocycles. The lowest BCUT2D eigenvalue weighted by molar-refractivity contribution is 0.238. The van der Waals surface area contributed by atoms with Gasteiger partial charge in [0, 0.05) is 17.6 Å². The van der Waals surface area contributed by atoms with E-state index in [1.54, 1.807) is 25.1 Å². The highest BCUT2D eigenvalue weighted by Crippen LogP contribution is 2.20. The molecule has 4 nitrogen and oxygen atoms in total. The van der Waals surface area contributed by atoms with Gasteiger partial charge in [-0.25, -0.2) is 13.1 Å². The van der Waals surface area contributed by atoms with Crippen LogP contribution in [-0.2, 0) is 10.0 Å². The summed E-state index contributed by atoms with van der Waals surface area (Å²) in [7, 11) is -3.50. The molecule has 1 unspecified atom stereocenters. The third kappa shape index (κ3) is 3.55. The van der Waals surface area contributed by atoms with E-state index in [0.29, 0.717) is 4.47 Å². The van der Waals surface area contributed by atoms with E-state index in [1.807, 2.05) is 0 Å². The molecule has 16 heavy (non-hydrogen) atoms. The van der Waals surface area contributed by atoms with Gasteiger partial charge in [0.1, 0.15) is 0 Å². The molecular weight excluding hydrogens is 294 g/mol. The molecule has 0 fully saturated rings. The maximum Gasteiger partial charge on any atom is 0.241 e. The number of hydrogen-bond donors (Lipinski definition) is 2. The fourth-order valence-corrected chi connectivity index (χ4v) is 3.22. The molecule has 0 heterocycles. The van der Waals surface area contributed by atoms with Crippen LogP contribution in [0.5, 0.6) is 0 Å². The number of rotatable bonds is 5. The fraction of sp³-hybridized carbons (Fsp3) is 0.400. The summed E-state index contributed by atoms with van der Waals surface area (Å²) in [6, 6.07) is 6.61. The van der Waals surface area contributed by atoms with Crippen LogP contribution in [0.4, 0.5) is 0 Å². The number of sulfonamides is 1. The molecule has 0 saturated carbocycles. The van der Waals surface area contributed by atoms with Crippen molar-refractivity contribution in [2.24, 2.45) is 5.92 Å². The van der Waals surface area contributed by atoms with E-state index in [2.05, 4.69) is 20.7 Å². The Kier molecular flexibility index (Phi) is 4.91. The summed E-state index contributed by atoms with van der Waals surface area (Å²) in [5.74, 6) is -0.0998. The molecule has 0 aromatic heterocycles. The first kappa shape index (κ1) is 13.6. The molecule has 1 atom stereocenters. The molecule has 0 spiro atoms. The lowest BCUT2D eigenvalue weighted by Crippen LogP contribution is -2.29. The Morgan fingerprint density at radius 1 is 1.44 bits per heavy atom. The summed E-state index contributed by atoms with van der Waals surface area (Å²) in [5.41, 5.74) is 0. The second-order valence-corrected chi connectivity index (χ2v) is 6.16. The Balaban J connectivity index is 2.83. The topological polar surface area (TPSA) is 66.4 Å². The van der Waals surface area contributed by atoms with Crippen molar-refractivity contribution in [3.63, 3.8) is 0 Å². The van der Waals surface area contributed by atoms with E-state index in [1.165, 1.54) is 6.07 Å². The summed E-state index contributed by atoms with van der Waals surface area (Å²) < 4.78 is 26.7. The lowest BCUT2D eigenvalue weighted by atomic mass is 10.2. The molecule has 0 bridgehead atoms. The van der Waals surface area contributed by atoms with E-state index in [-0.39, 0.29) is 24.0 Å². The quantitative estimate of drug-likeness (QED) is 0.863. The van der Waals surface area contributed by atoms with Crippen molar-refractivity contribution < 1.29 is 13.5 Å². The number of aliphatic hydroxyl groups is 1. The van der Waals surface area contributed by atoms with E-state index in [4.69, 9.17) is 5.11 Å². The van der Waals surface area contributed by atoms with Gasteiger partial charge in [-0.1, -0.05) is 19.1 Å². The number of aliphatic hydroxyl groups excluding tert-OH is 1. The van der Waals surface area contributed by atoms with E-state index < -0.39 is 10.0 Å². The molecule has 6 heteroatoms. The minimum atomic E-state index is -3.50. The average molecular weight is 308 g/mol. The number of nitrogens with one attached hydrogen (secondary N) is 1. The Labute approximate surface area is 104 Å². The Bertz CT molecular complexity index is 447. The number of benzene rings is 1. The van der Waals surface area contributed by atoms with Crippen molar-refractivity contribution in [3.8, 4) is 0 Å². The minimum absolute atomic E-state index is 0.0432.